The predicted octanol–water partition coefficient (Wildman–Crippen LogP) is 6.37. The summed E-state index contributed by atoms with van der Waals surface area (Å²) in [6, 6.07) is 12.1. The summed E-state index contributed by atoms with van der Waals surface area (Å²) in [6.07, 6.45) is 0. The van der Waals surface area contributed by atoms with Gasteiger partial charge in [0.1, 0.15) is 0 Å². The Labute approximate surface area is 199 Å². The van der Waals surface area contributed by atoms with Gasteiger partial charge in [0.05, 0.1) is 24.4 Å². The molecule has 6 nitrogen and oxygen atoms in total. The Balaban J connectivity index is 2.25. The van der Waals surface area contributed by atoms with Crippen LogP contribution >= 0.6 is 39.1 Å². The molecule has 0 bridgehead atoms. The fourth-order valence-electron chi connectivity index (χ4n) is 3.46. The molecular weight excluding hydrogens is 505 g/mol. The van der Waals surface area contributed by atoms with Gasteiger partial charge in [0.25, 0.3) is 0 Å². The van der Waals surface area contributed by atoms with Gasteiger partial charge in [-0.15, -0.1) is 0 Å². The molecule has 0 aliphatic heterocycles. The highest BCUT2D eigenvalue weighted by atomic mass is 79.9. The number of rotatable bonds is 8. The van der Waals surface area contributed by atoms with Crippen molar-refractivity contribution in [1.29, 1.82) is 0 Å². The highest BCUT2D eigenvalue weighted by Gasteiger charge is 2.31. The monoisotopic (exact) mass is 525 g/mol. The summed E-state index contributed by atoms with van der Waals surface area (Å²) < 4.78 is 7.56. The minimum absolute atomic E-state index is 0.0537. The van der Waals surface area contributed by atoms with Gasteiger partial charge in [0.2, 0.25) is 0 Å². The number of aryl methyl sites for hydroxylation is 1. The van der Waals surface area contributed by atoms with Crippen molar-refractivity contribution < 1.29 is 14.6 Å². The van der Waals surface area contributed by atoms with Gasteiger partial charge in [-0.05, 0) is 65.2 Å². The van der Waals surface area contributed by atoms with Gasteiger partial charge < -0.3 is 19.7 Å². The number of carboxylic acid groups (broad SMARTS) is 1. The quantitative estimate of drug-likeness (QED) is 0.356. The number of nitrogens with one attached hydrogen (secondary N) is 1. The second-order valence-corrected chi connectivity index (χ2v) is 8.76. The van der Waals surface area contributed by atoms with Gasteiger partial charge in [-0.3, -0.25) is 0 Å². The smallest absolute Gasteiger partial charge is 0.356 e. The molecule has 0 saturated heterocycles. The summed E-state index contributed by atoms with van der Waals surface area (Å²) in [5.74, 6) is -1.12. The second kappa shape index (κ2) is 10.0. The summed E-state index contributed by atoms with van der Waals surface area (Å²) in [7, 11) is 1.60. The van der Waals surface area contributed by atoms with Crippen LogP contribution in [0, 0.1) is 6.92 Å². The number of benzene rings is 2. The van der Waals surface area contributed by atoms with Crippen LogP contribution in [0.1, 0.15) is 46.3 Å². The minimum Gasteiger partial charge on any atom is -0.476 e. The third-order valence-corrected chi connectivity index (χ3v) is 5.98. The van der Waals surface area contributed by atoms with E-state index in [1.807, 2.05) is 48.7 Å². The van der Waals surface area contributed by atoms with Crippen molar-refractivity contribution in [3.63, 3.8) is 0 Å². The van der Waals surface area contributed by atoms with E-state index in [9.17, 15) is 9.90 Å². The first kappa shape index (κ1) is 23.6. The predicted molar refractivity (Wildman–Crippen MR) is 127 cm³/mol. The number of aromatic nitrogens is 2. The van der Waals surface area contributed by atoms with Crippen molar-refractivity contribution in [2.24, 2.45) is 0 Å². The van der Waals surface area contributed by atoms with Crippen LogP contribution in [-0.2, 0) is 4.74 Å². The topological polar surface area (TPSA) is 76.4 Å². The lowest BCUT2D eigenvalue weighted by atomic mass is 10.00. The summed E-state index contributed by atoms with van der Waals surface area (Å²) in [6.45, 7) is 4.27. The molecule has 0 amide bonds. The first-order valence-electron chi connectivity index (χ1n) is 9.51. The molecule has 2 aromatic carbocycles. The molecule has 2 atom stereocenters. The van der Waals surface area contributed by atoms with E-state index in [2.05, 4.69) is 26.2 Å². The van der Waals surface area contributed by atoms with Crippen molar-refractivity contribution in [3.05, 3.63) is 79.8 Å². The molecule has 3 rings (SSSR count). The van der Waals surface area contributed by atoms with E-state index in [4.69, 9.17) is 27.9 Å². The number of hydrogen-bond acceptors (Lipinski definition) is 4. The zero-order valence-electron chi connectivity index (χ0n) is 17.2. The van der Waals surface area contributed by atoms with Gasteiger partial charge in [-0.1, -0.05) is 41.4 Å². The maximum atomic E-state index is 12.1. The zero-order chi connectivity index (χ0) is 22.7. The fraction of sp³-hybridized carbons (Fsp3) is 0.273. The average Bonchev–Trinajstić information content (AvgIpc) is 3.07. The number of carboxylic acids is 1. The Morgan fingerprint density at radius 1 is 1.23 bits per heavy atom. The lowest BCUT2D eigenvalue weighted by Crippen LogP contribution is -2.23. The van der Waals surface area contributed by atoms with Crippen LogP contribution in [-0.4, -0.2) is 34.3 Å². The van der Waals surface area contributed by atoms with E-state index in [1.165, 1.54) is 0 Å². The standard InChI is InChI=1S/C22H22BrCl2N3O3/c1-12-4-7-16(25)10-17(12)26-18(14-5-8-15(24)9-6-14)20-19(21(29)30)27-22(23)28(20)13(2)11-31-3/h4-10,13,18,26H,11H2,1-3H3,(H,29,30). The number of halogens is 3. The molecule has 2 N–H and O–H groups in total. The van der Waals surface area contributed by atoms with Crippen molar-refractivity contribution >= 4 is 50.8 Å². The molecule has 0 fully saturated rings. The fourth-order valence-corrected chi connectivity index (χ4v) is 4.47. The van der Waals surface area contributed by atoms with Crippen LogP contribution < -0.4 is 5.32 Å². The normalized spacial score (nSPS) is 13.1. The lowest BCUT2D eigenvalue weighted by Gasteiger charge is -2.26. The van der Waals surface area contributed by atoms with E-state index in [1.54, 1.807) is 19.2 Å². The largest absolute Gasteiger partial charge is 0.476 e. The highest BCUT2D eigenvalue weighted by molar-refractivity contribution is 9.10. The van der Waals surface area contributed by atoms with Gasteiger partial charge >= 0.3 is 5.97 Å². The Morgan fingerprint density at radius 3 is 2.48 bits per heavy atom. The van der Waals surface area contributed by atoms with E-state index in [0.717, 1.165) is 16.8 Å². The minimum atomic E-state index is -1.12. The summed E-state index contributed by atoms with van der Waals surface area (Å²) >= 11 is 15.8. The average molecular weight is 527 g/mol. The van der Waals surface area contributed by atoms with Crippen molar-refractivity contribution in [2.45, 2.75) is 25.9 Å². The first-order chi connectivity index (χ1) is 14.7. The van der Waals surface area contributed by atoms with Gasteiger partial charge in [0, 0.05) is 22.8 Å². The molecule has 3 aromatic rings. The second-order valence-electron chi connectivity index (χ2n) is 7.18. The van der Waals surface area contributed by atoms with Crippen LogP contribution in [0.25, 0.3) is 0 Å². The number of carbonyl (C=O) groups is 1. The Bertz CT molecular complexity index is 1090. The van der Waals surface area contributed by atoms with Crippen LogP contribution in [0.5, 0.6) is 0 Å². The molecule has 0 spiro atoms. The van der Waals surface area contributed by atoms with Crippen molar-refractivity contribution in [2.75, 3.05) is 19.0 Å². The molecule has 9 heteroatoms. The van der Waals surface area contributed by atoms with Crippen molar-refractivity contribution in [1.82, 2.24) is 9.55 Å². The maximum Gasteiger partial charge on any atom is 0.356 e. The molecule has 1 heterocycles. The molecule has 2 unspecified atom stereocenters. The number of hydrogen-bond donors (Lipinski definition) is 2. The lowest BCUT2D eigenvalue weighted by molar-refractivity contribution is 0.0689. The van der Waals surface area contributed by atoms with Crippen molar-refractivity contribution in [3.8, 4) is 0 Å². The molecule has 31 heavy (non-hydrogen) atoms. The molecule has 1 aromatic heterocycles. The zero-order valence-corrected chi connectivity index (χ0v) is 20.3. The van der Waals surface area contributed by atoms with E-state index < -0.39 is 12.0 Å². The molecule has 164 valence electrons. The Hall–Kier alpha value is -2.06. The number of ether oxygens (including phenoxy) is 1. The summed E-state index contributed by atoms with van der Waals surface area (Å²) in [5, 5.41) is 14.6. The van der Waals surface area contributed by atoms with Crippen LogP contribution in [0.3, 0.4) is 0 Å². The van der Waals surface area contributed by atoms with Gasteiger partial charge in [0.15, 0.2) is 10.4 Å². The number of imidazole rings is 1. The van der Waals surface area contributed by atoms with Crippen LogP contribution in [0.15, 0.2) is 47.2 Å². The first-order valence-corrected chi connectivity index (χ1v) is 11.1. The molecule has 0 aliphatic rings. The number of aromatic carboxylic acids is 1. The summed E-state index contributed by atoms with van der Waals surface area (Å²) in [4.78, 5) is 16.4. The molecule has 0 saturated carbocycles. The van der Waals surface area contributed by atoms with Crippen LogP contribution in [0.4, 0.5) is 5.69 Å². The molecule has 0 radical (unpaired) electrons. The number of methoxy groups -OCH3 is 1. The third kappa shape index (κ3) is 5.23. The third-order valence-electron chi connectivity index (χ3n) is 4.93. The molecule has 0 aliphatic carbocycles. The SMILES string of the molecule is COCC(C)n1c(Br)nc(C(=O)O)c1C(Nc1cc(Cl)ccc1C)c1ccc(Cl)cc1. The van der Waals surface area contributed by atoms with Crippen LogP contribution in [0.2, 0.25) is 10.0 Å². The Morgan fingerprint density at radius 2 is 1.87 bits per heavy atom. The number of nitrogens with zero attached hydrogens (tertiary/aromatic N) is 2. The van der Waals surface area contributed by atoms with E-state index in [0.29, 0.717) is 27.1 Å². The number of anilines is 1. The van der Waals surface area contributed by atoms with E-state index in [-0.39, 0.29) is 11.7 Å². The maximum absolute atomic E-state index is 12.1. The van der Waals surface area contributed by atoms with Gasteiger partial charge in [-0.2, -0.15) is 0 Å². The Kier molecular flexibility index (Phi) is 7.64. The van der Waals surface area contributed by atoms with Gasteiger partial charge in [-0.25, -0.2) is 9.78 Å². The van der Waals surface area contributed by atoms with E-state index >= 15 is 0 Å². The summed E-state index contributed by atoms with van der Waals surface area (Å²) in [5.41, 5.74) is 3.01. The molecular formula is C22H22BrCl2N3O3. The highest BCUT2D eigenvalue weighted by Crippen LogP contribution is 2.35.